The number of ether oxygens (including phenoxy) is 2. The summed E-state index contributed by atoms with van der Waals surface area (Å²) in [6, 6.07) is 6.63. The number of thiophene rings is 1. The largest absolute Gasteiger partial charge is 0.500 e. The molecule has 10 heteroatoms. The Labute approximate surface area is 218 Å². The molecule has 2 aliphatic rings. The standard InChI is InChI=1S/C27H30N2O7S/c1-5-35-21-12-17(10-19(26(21)31)29(33)34)24-23(27(32)36-13-14(2)3)15(4)28-18-9-16(11-20(30)25(18)24)22-7-6-8-37-22/h6-8,10,12,14,16,24,28,31H,5,9,11,13H2,1-4H3/t16-,24+/m0/s1. The third kappa shape index (κ3) is 5.24. The van der Waals surface area contributed by atoms with Crippen molar-refractivity contribution in [1.82, 2.24) is 5.32 Å². The van der Waals surface area contributed by atoms with Crippen LogP contribution in [0.25, 0.3) is 0 Å². The van der Waals surface area contributed by atoms with E-state index in [2.05, 4.69) is 5.32 Å². The maximum atomic E-state index is 13.7. The zero-order valence-electron chi connectivity index (χ0n) is 21.2. The van der Waals surface area contributed by atoms with Crippen molar-refractivity contribution in [3.63, 3.8) is 0 Å². The number of nitro groups is 1. The monoisotopic (exact) mass is 526 g/mol. The second-order valence-corrected chi connectivity index (χ2v) is 10.6. The first-order valence-corrected chi connectivity index (χ1v) is 13.1. The molecule has 1 aromatic heterocycles. The van der Waals surface area contributed by atoms with Gasteiger partial charge in [-0.15, -0.1) is 11.3 Å². The number of nitrogens with one attached hydrogen (secondary N) is 1. The number of nitro benzene ring substituents is 1. The van der Waals surface area contributed by atoms with Gasteiger partial charge in [-0.3, -0.25) is 14.9 Å². The number of allylic oxidation sites excluding steroid dienone is 3. The van der Waals surface area contributed by atoms with Crippen molar-refractivity contribution in [1.29, 1.82) is 0 Å². The molecular weight excluding hydrogens is 496 g/mol. The van der Waals surface area contributed by atoms with Crippen LogP contribution in [0.5, 0.6) is 11.5 Å². The van der Waals surface area contributed by atoms with Crippen molar-refractivity contribution in [2.24, 2.45) is 5.92 Å². The highest BCUT2D eigenvalue weighted by Gasteiger charge is 2.42. The van der Waals surface area contributed by atoms with Crippen LogP contribution < -0.4 is 10.1 Å². The van der Waals surface area contributed by atoms with Gasteiger partial charge in [0.2, 0.25) is 5.75 Å². The lowest BCUT2D eigenvalue weighted by atomic mass is 9.72. The predicted octanol–water partition coefficient (Wildman–Crippen LogP) is 5.32. The Hall–Kier alpha value is -3.66. The lowest BCUT2D eigenvalue weighted by Crippen LogP contribution is -2.36. The second-order valence-electron chi connectivity index (χ2n) is 9.60. The van der Waals surface area contributed by atoms with E-state index < -0.39 is 28.2 Å². The molecule has 37 heavy (non-hydrogen) atoms. The fourth-order valence-electron chi connectivity index (χ4n) is 4.87. The molecule has 2 atom stereocenters. The Balaban J connectivity index is 1.88. The van der Waals surface area contributed by atoms with Gasteiger partial charge in [0.1, 0.15) is 0 Å². The van der Waals surface area contributed by atoms with E-state index >= 15 is 0 Å². The van der Waals surface area contributed by atoms with Gasteiger partial charge in [-0.25, -0.2) is 4.79 Å². The maximum Gasteiger partial charge on any atom is 0.336 e. The summed E-state index contributed by atoms with van der Waals surface area (Å²) in [5.41, 5.74) is 1.55. The van der Waals surface area contributed by atoms with Crippen LogP contribution in [0.4, 0.5) is 5.69 Å². The number of benzene rings is 1. The smallest absolute Gasteiger partial charge is 0.336 e. The van der Waals surface area contributed by atoms with Crippen molar-refractivity contribution < 1.29 is 29.1 Å². The summed E-state index contributed by atoms with van der Waals surface area (Å²) in [5, 5.41) is 27.5. The maximum absolute atomic E-state index is 13.7. The predicted molar refractivity (Wildman–Crippen MR) is 139 cm³/mol. The SMILES string of the molecule is CCOc1cc([C@@H]2C(C(=O)OCC(C)C)=C(C)NC3=C2C(=O)C[C@@H](c2cccs2)C3)cc([N+](=O)[O-])c1O. The third-order valence-electron chi connectivity index (χ3n) is 6.45. The Morgan fingerprint density at radius 3 is 2.70 bits per heavy atom. The molecule has 0 radical (unpaired) electrons. The number of carbonyl (C=O) groups excluding carboxylic acids is 2. The number of rotatable bonds is 8. The zero-order valence-corrected chi connectivity index (χ0v) is 22.0. The molecule has 0 unspecified atom stereocenters. The van der Waals surface area contributed by atoms with Gasteiger partial charge in [-0.05, 0) is 49.3 Å². The van der Waals surface area contributed by atoms with E-state index in [1.807, 2.05) is 31.4 Å². The van der Waals surface area contributed by atoms with Crippen LogP contribution in [0, 0.1) is 16.0 Å². The normalized spacial score (nSPS) is 19.5. The molecule has 2 aromatic rings. The minimum absolute atomic E-state index is 0.00483. The Morgan fingerprint density at radius 2 is 2.08 bits per heavy atom. The van der Waals surface area contributed by atoms with Gasteiger partial charge in [0, 0.05) is 46.2 Å². The number of Topliss-reactive ketones (excluding diaryl/α,β-unsaturated/α-hetero) is 1. The van der Waals surface area contributed by atoms with Gasteiger partial charge in [-0.1, -0.05) is 19.9 Å². The summed E-state index contributed by atoms with van der Waals surface area (Å²) < 4.78 is 11.0. The molecule has 2 heterocycles. The molecule has 4 rings (SSSR count). The van der Waals surface area contributed by atoms with Crippen LogP contribution in [0.3, 0.4) is 0 Å². The van der Waals surface area contributed by atoms with Crippen LogP contribution in [-0.2, 0) is 14.3 Å². The van der Waals surface area contributed by atoms with E-state index in [1.54, 1.807) is 25.2 Å². The molecule has 1 aliphatic heterocycles. The van der Waals surface area contributed by atoms with Crippen molar-refractivity contribution in [3.05, 3.63) is 72.7 Å². The Morgan fingerprint density at radius 1 is 1.32 bits per heavy atom. The number of dihydropyridines is 1. The van der Waals surface area contributed by atoms with Gasteiger partial charge in [0.25, 0.3) is 0 Å². The number of hydrogen-bond acceptors (Lipinski definition) is 9. The van der Waals surface area contributed by atoms with Crippen LogP contribution in [0.1, 0.15) is 62.8 Å². The molecule has 1 aliphatic carbocycles. The summed E-state index contributed by atoms with van der Waals surface area (Å²) in [4.78, 5) is 39.2. The molecule has 0 bridgehead atoms. The Kier molecular flexibility index (Phi) is 7.68. The first kappa shape index (κ1) is 26.4. The summed E-state index contributed by atoms with van der Waals surface area (Å²) in [6.07, 6.45) is 0.811. The molecule has 0 saturated heterocycles. The topological polar surface area (TPSA) is 128 Å². The molecule has 0 saturated carbocycles. The number of aromatic hydroxyl groups is 1. The number of phenols is 1. The fraction of sp³-hybridized carbons (Fsp3) is 0.407. The van der Waals surface area contributed by atoms with Gasteiger partial charge >= 0.3 is 11.7 Å². The first-order chi connectivity index (χ1) is 17.6. The third-order valence-corrected chi connectivity index (χ3v) is 7.48. The molecule has 1 aromatic carbocycles. The molecule has 0 spiro atoms. The lowest BCUT2D eigenvalue weighted by Gasteiger charge is -2.36. The van der Waals surface area contributed by atoms with Crippen LogP contribution in [0.2, 0.25) is 0 Å². The summed E-state index contributed by atoms with van der Waals surface area (Å²) >= 11 is 1.59. The average molecular weight is 527 g/mol. The molecule has 0 fully saturated rings. The number of carbonyl (C=O) groups is 2. The van der Waals surface area contributed by atoms with Crippen molar-refractivity contribution in [3.8, 4) is 11.5 Å². The lowest BCUT2D eigenvalue weighted by molar-refractivity contribution is -0.386. The van der Waals surface area contributed by atoms with Crippen LogP contribution in [-0.4, -0.2) is 35.0 Å². The van der Waals surface area contributed by atoms with E-state index in [1.165, 1.54) is 12.1 Å². The Bertz CT molecular complexity index is 1290. The van der Waals surface area contributed by atoms with Crippen molar-refractivity contribution in [2.75, 3.05) is 13.2 Å². The van der Waals surface area contributed by atoms with E-state index in [-0.39, 0.29) is 48.6 Å². The minimum Gasteiger partial charge on any atom is -0.500 e. The molecule has 9 nitrogen and oxygen atoms in total. The fourth-order valence-corrected chi connectivity index (χ4v) is 5.70. The number of nitrogens with zero attached hydrogens (tertiary/aromatic N) is 1. The molecule has 2 N–H and O–H groups in total. The van der Waals surface area contributed by atoms with Crippen molar-refractivity contribution in [2.45, 2.75) is 52.4 Å². The molecule has 196 valence electrons. The van der Waals surface area contributed by atoms with Gasteiger partial charge in [0.05, 0.1) is 23.7 Å². The van der Waals surface area contributed by atoms with E-state index in [0.29, 0.717) is 29.0 Å². The van der Waals surface area contributed by atoms with Crippen LogP contribution >= 0.6 is 11.3 Å². The summed E-state index contributed by atoms with van der Waals surface area (Å²) in [6.45, 7) is 7.60. The zero-order chi connectivity index (χ0) is 26.9. The van der Waals surface area contributed by atoms with E-state index in [9.17, 15) is 24.8 Å². The van der Waals surface area contributed by atoms with Gasteiger partial charge < -0.3 is 19.9 Å². The molecule has 0 amide bonds. The summed E-state index contributed by atoms with van der Waals surface area (Å²) in [5.74, 6) is -2.25. The van der Waals surface area contributed by atoms with E-state index in [0.717, 1.165) is 4.88 Å². The minimum atomic E-state index is -0.911. The highest BCUT2D eigenvalue weighted by Crippen LogP contribution is 2.49. The molecular formula is C27H30N2O7S. The number of hydrogen-bond donors (Lipinski definition) is 2. The van der Waals surface area contributed by atoms with Crippen molar-refractivity contribution >= 4 is 28.8 Å². The van der Waals surface area contributed by atoms with Crippen LogP contribution in [0.15, 0.2) is 52.2 Å². The van der Waals surface area contributed by atoms with E-state index in [4.69, 9.17) is 9.47 Å². The quantitative estimate of drug-likeness (QED) is 0.269. The highest BCUT2D eigenvalue weighted by atomic mass is 32.1. The summed E-state index contributed by atoms with van der Waals surface area (Å²) in [7, 11) is 0. The second kappa shape index (κ2) is 10.8. The van der Waals surface area contributed by atoms with Gasteiger partial charge in [-0.2, -0.15) is 0 Å². The average Bonchev–Trinajstić information content (AvgIpc) is 3.38. The number of ketones is 1. The number of phenolic OH excluding ortho intramolecular Hbond substituents is 1. The highest BCUT2D eigenvalue weighted by molar-refractivity contribution is 7.10. The first-order valence-electron chi connectivity index (χ1n) is 12.2. The number of esters is 1. The van der Waals surface area contributed by atoms with Gasteiger partial charge in [0.15, 0.2) is 11.5 Å².